The molecule has 0 aromatic carbocycles. The Kier molecular flexibility index (Phi) is 3.27. The van der Waals surface area contributed by atoms with E-state index in [1.165, 1.54) is 18.5 Å². The summed E-state index contributed by atoms with van der Waals surface area (Å²) < 4.78 is 38.1. The van der Waals surface area contributed by atoms with Gasteiger partial charge in [-0.2, -0.15) is 13.2 Å². The normalized spacial score (nSPS) is 11.6. The van der Waals surface area contributed by atoms with Crippen LogP contribution in [0.3, 0.4) is 0 Å². The fourth-order valence-electron chi connectivity index (χ4n) is 1.49. The fraction of sp³-hybridized carbons (Fsp3) is 0.182. The number of aryl methyl sites for hydroxylation is 1. The van der Waals surface area contributed by atoms with Gasteiger partial charge in [0.15, 0.2) is 5.69 Å². The second-order valence-electron chi connectivity index (χ2n) is 3.69. The Morgan fingerprint density at radius 1 is 1.42 bits per heavy atom. The van der Waals surface area contributed by atoms with Crippen molar-refractivity contribution >= 4 is 17.3 Å². The number of halogens is 3. The number of aromatic nitrogens is 2. The Hall–Kier alpha value is -1.96. The Labute approximate surface area is 109 Å². The summed E-state index contributed by atoms with van der Waals surface area (Å²) in [6, 6.07) is 1.50. The Morgan fingerprint density at radius 2 is 2.11 bits per heavy atom. The summed E-state index contributed by atoms with van der Waals surface area (Å²) in [5.41, 5.74) is -0.295. The van der Waals surface area contributed by atoms with Crippen molar-refractivity contribution in [3.05, 3.63) is 34.6 Å². The Balaban J connectivity index is 2.62. The molecule has 0 amide bonds. The van der Waals surface area contributed by atoms with Crippen LogP contribution in [-0.4, -0.2) is 21.0 Å². The topological polar surface area (TPSA) is 63.1 Å². The number of thiazole rings is 1. The predicted octanol–water partition coefficient (Wildman–Crippen LogP) is 3.23. The molecule has 0 aliphatic rings. The van der Waals surface area contributed by atoms with Gasteiger partial charge < -0.3 is 5.11 Å². The van der Waals surface area contributed by atoms with E-state index in [4.69, 9.17) is 5.11 Å². The van der Waals surface area contributed by atoms with E-state index in [9.17, 15) is 18.0 Å². The first-order chi connectivity index (χ1) is 8.80. The van der Waals surface area contributed by atoms with Gasteiger partial charge in [-0.05, 0) is 18.6 Å². The van der Waals surface area contributed by atoms with E-state index < -0.39 is 22.7 Å². The molecule has 2 aromatic rings. The molecule has 19 heavy (non-hydrogen) atoms. The lowest BCUT2D eigenvalue weighted by Crippen LogP contribution is -2.11. The number of rotatable bonds is 2. The van der Waals surface area contributed by atoms with Gasteiger partial charge in [0.25, 0.3) is 0 Å². The van der Waals surface area contributed by atoms with Crippen LogP contribution in [0.2, 0.25) is 0 Å². The minimum atomic E-state index is -4.79. The molecule has 4 nitrogen and oxygen atoms in total. The van der Waals surface area contributed by atoms with Crippen LogP contribution < -0.4 is 0 Å². The van der Waals surface area contributed by atoms with Crippen molar-refractivity contribution < 1.29 is 23.1 Å². The summed E-state index contributed by atoms with van der Waals surface area (Å²) >= 11 is 0.503. The van der Waals surface area contributed by atoms with E-state index in [0.717, 1.165) is 0 Å². The van der Waals surface area contributed by atoms with Gasteiger partial charge in [0.05, 0.1) is 0 Å². The molecule has 0 fully saturated rings. The van der Waals surface area contributed by atoms with Gasteiger partial charge in [-0.3, -0.25) is 4.98 Å². The summed E-state index contributed by atoms with van der Waals surface area (Å²) in [4.78, 5) is 17.3. The SMILES string of the molecule is Cc1cnccc1-c1nc(C(F)(F)F)c(C(=O)O)s1. The van der Waals surface area contributed by atoms with Crippen LogP contribution in [0.15, 0.2) is 18.5 Å². The molecule has 0 saturated carbocycles. The van der Waals surface area contributed by atoms with Gasteiger partial charge in [-0.1, -0.05) is 0 Å². The highest BCUT2D eigenvalue weighted by Gasteiger charge is 2.39. The van der Waals surface area contributed by atoms with Crippen molar-refractivity contribution in [3.63, 3.8) is 0 Å². The lowest BCUT2D eigenvalue weighted by molar-refractivity contribution is -0.141. The minimum Gasteiger partial charge on any atom is -0.477 e. The third kappa shape index (κ3) is 2.58. The highest BCUT2D eigenvalue weighted by Crippen LogP contribution is 2.38. The molecule has 0 aliphatic carbocycles. The molecule has 8 heteroatoms. The standard InChI is InChI=1S/C11H7F3N2O2S/c1-5-4-15-3-2-6(5)9-16-8(11(12,13)14)7(19-9)10(17)18/h2-4H,1H3,(H,17,18). The van der Waals surface area contributed by atoms with Crippen LogP contribution >= 0.6 is 11.3 Å². The van der Waals surface area contributed by atoms with Gasteiger partial charge in [-0.25, -0.2) is 9.78 Å². The molecule has 100 valence electrons. The van der Waals surface area contributed by atoms with Crippen LogP contribution in [0.1, 0.15) is 20.9 Å². The highest BCUT2D eigenvalue weighted by atomic mass is 32.1. The predicted molar refractivity (Wildman–Crippen MR) is 62.0 cm³/mol. The number of pyridine rings is 1. The largest absolute Gasteiger partial charge is 0.477 e. The average molecular weight is 288 g/mol. The third-order valence-corrected chi connectivity index (χ3v) is 3.42. The van der Waals surface area contributed by atoms with E-state index >= 15 is 0 Å². The van der Waals surface area contributed by atoms with Crippen LogP contribution in [-0.2, 0) is 6.18 Å². The zero-order valence-electron chi connectivity index (χ0n) is 9.52. The van der Waals surface area contributed by atoms with Crippen molar-refractivity contribution in [2.75, 3.05) is 0 Å². The van der Waals surface area contributed by atoms with Crippen molar-refractivity contribution in [1.29, 1.82) is 0 Å². The van der Waals surface area contributed by atoms with Gasteiger partial charge in [0.1, 0.15) is 9.88 Å². The van der Waals surface area contributed by atoms with Crippen LogP contribution in [0.4, 0.5) is 13.2 Å². The summed E-state index contributed by atoms with van der Waals surface area (Å²) in [7, 11) is 0. The Bertz CT molecular complexity index is 637. The van der Waals surface area contributed by atoms with E-state index in [-0.39, 0.29) is 5.01 Å². The molecule has 2 rings (SSSR count). The van der Waals surface area contributed by atoms with E-state index in [0.29, 0.717) is 22.5 Å². The summed E-state index contributed by atoms with van der Waals surface area (Å²) in [6.07, 6.45) is -1.90. The second-order valence-corrected chi connectivity index (χ2v) is 4.69. The molecular weight excluding hydrogens is 281 g/mol. The molecule has 0 saturated heterocycles. The molecule has 2 heterocycles. The Morgan fingerprint density at radius 3 is 2.58 bits per heavy atom. The number of hydrogen-bond donors (Lipinski definition) is 1. The van der Waals surface area contributed by atoms with Crippen molar-refractivity contribution in [3.8, 4) is 10.6 Å². The maximum Gasteiger partial charge on any atom is 0.435 e. The van der Waals surface area contributed by atoms with Crippen molar-refractivity contribution in [2.45, 2.75) is 13.1 Å². The highest BCUT2D eigenvalue weighted by molar-refractivity contribution is 7.17. The number of hydrogen-bond acceptors (Lipinski definition) is 4. The fourth-order valence-corrected chi connectivity index (χ4v) is 2.50. The zero-order valence-corrected chi connectivity index (χ0v) is 10.3. The lowest BCUT2D eigenvalue weighted by Gasteiger charge is -2.02. The van der Waals surface area contributed by atoms with Gasteiger partial charge >= 0.3 is 12.1 Å². The monoisotopic (exact) mass is 288 g/mol. The molecule has 0 aliphatic heterocycles. The first-order valence-electron chi connectivity index (χ1n) is 5.03. The number of carboxylic acids is 1. The van der Waals surface area contributed by atoms with Gasteiger partial charge in [-0.15, -0.1) is 11.3 Å². The maximum atomic E-state index is 12.7. The van der Waals surface area contributed by atoms with Crippen molar-refractivity contribution in [2.24, 2.45) is 0 Å². The average Bonchev–Trinajstić information content (AvgIpc) is 2.74. The zero-order chi connectivity index (χ0) is 14.2. The summed E-state index contributed by atoms with van der Waals surface area (Å²) in [6.45, 7) is 1.66. The van der Waals surface area contributed by atoms with Gasteiger partial charge in [0.2, 0.25) is 0 Å². The first kappa shape index (κ1) is 13.5. The second kappa shape index (κ2) is 4.61. The molecule has 0 unspecified atom stereocenters. The quantitative estimate of drug-likeness (QED) is 0.921. The number of carbonyl (C=O) groups is 1. The van der Waals surface area contributed by atoms with Crippen LogP contribution in [0.5, 0.6) is 0 Å². The van der Waals surface area contributed by atoms with Gasteiger partial charge in [0, 0.05) is 18.0 Å². The third-order valence-electron chi connectivity index (χ3n) is 2.34. The molecule has 1 N–H and O–H groups in total. The summed E-state index contributed by atoms with van der Waals surface area (Å²) in [5.74, 6) is -1.64. The molecular formula is C11H7F3N2O2S. The summed E-state index contributed by atoms with van der Waals surface area (Å²) in [5, 5.41) is 8.83. The first-order valence-corrected chi connectivity index (χ1v) is 5.84. The molecule has 0 spiro atoms. The number of alkyl halides is 3. The van der Waals surface area contributed by atoms with Crippen LogP contribution in [0.25, 0.3) is 10.6 Å². The van der Waals surface area contributed by atoms with E-state index in [1.54, 1.807) is 6.92 Å². The van der Waals surface area contributed by atoms with Crippen LogP contribution in [0, 0.1) is 6.92 Å². The van der Waals surface area contributed by atoms with E-state index in [2.05, 4.69) is 9.97 Å². The number of carboxylic acid groups (broad SMARTS) is 1. The van der Waals surface area contributed by atoms with Crippen molar-refractivity contribution in [1.82, 2.24) is 9.97 Å². The minimum absolute atomic E-state index is 0.0182. The molecule has 0 radical (unpaired) electrons. The molecule has 0 bridgehead atoms. The number of nitrogens with zero attached hydrogens (tertiary/aromatic N) is 2. The maximum absolute atomic E-state index is 12.7. The van der Waals surface area contributed by atoms with E-state index in [1.807, 2.05) is 0 Å². The molecule has 0 atom stereocenters. The smallest absolute Gasteiger partial charge is 0.435 e. The molecule has 2 aromatic heterocycles. The lowest BCUT2D eigenvalue weighted by atomic mass is 10.2. The number of aromatic carboxylic acids is 1.